The summed E-state index contributed by atoms with van der Waals surface area (Å²) >= 11 is 0. The molecular formula is C14H30N2O3. The zero-order chi connectivity index (χ0) is 14.7. The van der Waals surface area contributed by atoms with Crippen molar-refractivity contribution in [2.24, 2.45) is 5.92 Å². The highest BCUT2D eigenvalue weighted by Crippen LogP contribution is 2.06. The second kappa shape index (κ2) is 10.0. The van der Waals surface area contributed by atoms with Gasteiger partial charge in [-0.3, -0.25) is 0 Å². The Bertz CT molecular complexity index is 239. The van der Waals surface area contributed by atoms with Crippen LogP contribution < -0.4 is 10.6 Å². The molecule has 3 N–H and O–H groups in total. The summed E-state index contributed by atoms with van der Waals surface area (Å²) in [6.07, 6.45) is 2.64. The molecule has 1 amide bonds. The predicted molar refractivity (Wildman–Crippen MR) is 77.2 cm³/mol. The molecule has 0 rings (SSSR count). The lowest BCUT2D eigenvalue weighted by atomic mass is 10.1. The Labute approximate surface area is 117 Å². The maximum Gasteiger partial charge on any atom is 0.407 e. The Morgan fingerprint density at radius 3 is 2.42 bits per heavy atom. The molecule has 1 unspecified atom stereocenters. The molecule has 0 aliphatic carbocycles. The molecule has 1 atom stereocenters. The molecule has 0 aromatic rings. The first-order valence-electron chi connectivity index (χ1n) is 7.13. The third-order valence-electron chi connectivity index (χ3n) is 2.56. The van der Waals surface area contributed by atoms with Crippen molar-refractivity contribution in [2.75, 3.05) is 26.2 Å². The molecule has 0 saturated heterocycles. The van der Waals surface area contributed by atoms with Gasteiger partial charge in [-0.15, -0.1) is 0 Å². The Morgan fingerprint density at radius 1 is 1.21 bits per heavy atom. The summed E-state index contributed by atoms with van der Waals surface area (Å²) in [6.45, 7) is 10.3. The van der Waals surface area contributed by atoms with Crippen molar-refractivity contribution in [2.45, 2.75) is 52.6 Å². The molecule has 5 nitrogen and oxygen atoms in total. The number of rotatable bonds is 9. The van der Waals surface area contributed by atoms with Gasteiger partial charge in [-0.25, -0.2) is 4.79 Å². The van der Waals surface area contributed by atoms with Gasteiger partial charge in [0.1, 0.15) is 5.60 Å². The van der Waals surface area contributed by atoms with Crippen LogP contribution in [-0.4, -0.2) is 43.0 Å². The summed E-state index contributed by atoms with van der Waals surface area (Å²) in [5, 5.41) is 14.9. The number of carbonyl (C=O) groups excluding carboxylic acids is 1. The monoisotopic (exact) mass is 274 g/mol. The Hall–Kier alpha value is -0.810. The lowest BCUT2D eigenvalue weighted by Gasteiger charge is -2.19. The average Bonchev–Trinajstić information content (AvgIpc) is 2.29. The fourth-order valence-corrected chi connectivity index (χ4v) is 1.51. The molecule has 0 spiro atoms. The second-order valence-electron chi connectivity index (χ2n) is 5.96. The molecule has 5 heteroatoms. The van der Waals surface area contributed by atoms with Crippen LogP contribution in [0.1, 0.15) is 47.0 Å². The zero-order valence-electron chi connectivity index (χ0n) is 12.8. The molecule has 0 aromatic carbocycles. The van der Waals surface area contributed by atoms with Crippen molar-refractivity contribution in [1.82, 2.24) is 10.6 Å². The third kappa shape index (κ3) is 13.4. The van der Waals surface area contributed by atoms with Gasteiger partial charge >= 0.3 is 6.09 Å². The van der Waals surface area contributed by atoms with Gasteiger partial charge in [-0.05, 0) is 59.0 Å². The first-order chi connectivity index (χ1) is 8.85. The van der Waals surface area contributed by atoms with E-state index in [2.05, 4.69) is 10.6 Å². The highest BCUT2D eigenvalue weighted by atomic mass is 16.6. The molecule has 0 fully saturated rings. The highest BCUT2D eigenvalue weighted by molar-refractivity contribution is 5.67. The van der Waals surface area contributed by atoms with Gasteiger partial charge in [0, 0.05) is 13.2 Å². The van der Waals surface area contributed by atoms with Crippen LogP contribution in [-0.2, 0) is 4.74 Å². The second-order valence-corrected chi connectivity index (χ2v) is 5.96. The summed E-state index contributed by atoms with van der Waals surface area (Å²) in [6, 6.07) is 0. The van der Waals surface area contributed by atoms with E-state index in [0.29, 0.717) is 12.5 Å². The first kappa shape index (κ1) is 18.2. The predicted octanol–water partition coefficient (Wildman–Crippen LogP) is 1.90. The summed E-state index contributed by atoms with van der Waals surface area (Å²) < 4.78 is 5.13. The topological polar surface area (TPSA) is 70.6 Å². The standard InChI is InChI=1S/C14H30N2O3/c1-12(11-17)7-5-8-15-9-6-10-16-13(18)19-14(2,3)4/h12,15,17H,5-11H2,1-4H3,(H,16,18). The van der Waals surface area contributed by atoms with Crippen molar-refractivity contribution >= 4 is 6.09 Å². The van der Waals surface area contributed by atoms with Crippen LogP contribution >= 0.6 is 0 Å². The van der Waals surface area contributed by atoms with Crippen LogP contribution in [0, 0.1) is 5.92 Å². The SMILES string of the molecule is CC(CO)CCCNCCCNC(=O)OC(C)(C)C. The number of carbonyl (C=O) groups is 1. The number of amides is 1. The number of hydrogen-bond donors (Lipinski definition) is 3. The Balaban J connectivity index is 3.30. The van der Waals surface area contributed by atoms with E-state index in [1.54, 1.807) is 0 Å². The van der Waals surface area contributed by atoms with Crippen molar-refractivity contribution in [3.63, 3.8) is 0 Å². The molecular weight excluding hydrogens is 244 g/mol. The molecule has 0 aromatic heterocycles. The maximum atomic E-state index is 11.3. The van der Waals surface area contributed by atoms with Gasteiger partial charge in [0.25, 0.3) is 0 Å². The van der Waals surface area contributed by atoms with Crippen LogP contribution in [0.25, 0.3) is 0 Å². The number of nitrogens with one attached hydrogen (secondary N) is 2. The van der Waals surface area contributed by atoms with Crippen molar-refractivity contribution in [3.8, 4) is 0 Å². The quantitative estimate of drug-likeness (QED) is 0.562. The zero-order valence-corrected chi connectivity index (χ0v) is 12.8. The molecule has 0 aliphatic heterocycles. The lowest BCUT2D eigenvalue weighted by Crippen LogP contribution is -2.34. The minimum atomic E-state index is -0.439. The van der Waals surface area contributed by atoms with Crippen molar-refractivity contribution < 1.29 is 14.6 Å². The highest BCUT2D eigenvalue weighted by Gasteiger charge is 2.15. The van der Waals surface area contributed by atoms with Gasteiger partial charge in [-0.1, -0.05) is 6.92 Å². The summed E-state index contributed by atoms with van der Waals surface area (Å²) in [5.74, 6) is 0.385. The summed E-state index contributed by atoms with van der Waals surface area (Å²) in [4.78, 5) is 11.3. The van der Waals surface area contributed by atoms with Gasteiger partial charge in [0.2, 0.25) is 0 Å². The van der Waals surface area contributed by atoms with E-state index in [0.717, 1.165) is 32.4 Å². The normalized spacial score (nSPS) is 13.1. The number of alkyl carbamates (subject to hydrolysis) is 1. The van der Waals surface area contributed by atoms with Crippen LogP contribution in [0.5, 0.6) is 0 Å². The molecule has 114 valence electrons. The van der Waals surface area contributed by atoms with Crippen LogP contribution in [0.2, 0.25) is 0 Å². The number of aliphatic hydroxyl groups is 1. The minimum absolute atomic E-state index is 0.264. The van der Waals surface area contributed by atoms with E-state index in [1.165, 1.54) is 0 Å². The van der Waals surface area contributed by atoms with E-state index in [-0.39, 0.29) is 12.7 Å². The number of ether oxygens (including phenoxy) is 1. The van der Waals surface area contributed by atoms with Crippen LogP contribution in [0.15, 0.2) is 0 Å². The summed E-state index contributed by atoms with van der Waals surface area (Å²) in [7, 11) is 0. The van der Waals surface area contributed by atoms with E-state index < -0.39 is 5.60 Å². The average molecular weight is 274 g/mol. The van der Waals surface area contributed by atoms with Crippen molar-refractivity contribution in [1.29, 1.82) is 0 Å². The molecule has 0 saturated carbocycles. The minimum Gasteiger partial charge on any atom is -0.444 e. The van der Waals surface area contributed by atoms with Gasteiger partial charge in [0.15, 0.2) is 0 Å². The lowest BCUT2D eigenvalue weighted by molar-refractivity contribution is 0.0527. The van der Waals surface area contributed by atoms with Crippen LogP contribution in [0.3, 0.4) is 0 Å². The van der Waals surface area contributed by atoms with E-state index in [4.69, 9.17) is 9.84 Å². The largest absolute Gasteiger partial charge is 0.444 e. The molecule has 0 radical (unpaired) electrons. The third-order valence-corrected chi connectivity index (χ3v) is 2.56. The van der Waals surface area contributed by atoms with Crippen LogP contribution in [0.4, 0.5) is 4.79 Å². The van der Waals surface area contributed by atoms with Gasteiger partial charge in [-0.2, -0.15) is 0 Å². The Kier molecular flexibility index (Phi) is 9.61. The summed E-state index contributed by atoms with van der Waals surface area (Å²) in [5.41, 5.74) is -0.439. The van der Waals surface area contributed by atoms with Gasteiger partial charge in [0.05, 0.1) is 0 Å². The number of hydrogen-bond acceptors (Lipinski definition) is 4. The van der Waals surface area contributed by atoms with E-state index in [9.17, 15) is 4.79 Å². The maximum absolute atomic E-state index is 11.3. The molecule has 19 heavy (non-hydrogen) atoms. The first-order valence-corrected chi connectivity index (χ1v) is 7.13. The smallest absolute Gasteiger partial charge is 0.407 e. The van der Waals surface area contributed by atoms with E-state index >= 15 is 0 Å². The molecule has 0 aliphatic rings. The van der Waals surface area contributed by atoms with E-state index in [1.807, 2.05) is 27.7 Å². The Morgan fingerprint density at radius 2 is 1.84 bits per heavy atom. The number of aliphatic hydroxyl groups excluding tert-OH is 1. The van der Waals surface area contributed by atoms with Crippen molar-refractivity contribution in [3.05, 3.63) is 0 Å². The fourth-order valence-electron chi connectivity index (χ4n) is 1.51. The van der Waals surface area contributed by atoms with Gasteiger partial charge < -0.3 is 20.5 Å². The molecule has 0 bridgehead atoms. The molecule has 0 heterocycles. The fraction of sp³-hybridized carbons (Fsp3) is 0.929.